The number of carbonyl (C=O) groups is 1. The minimum atomic E-state index is 0.110. The van der Waals surface area contributed by atoms with Gasteiger partial charge in [0.1, 0.15) is 0 Å². The fraction of sp³-hybridized carbons (Fsp3) is 0.476. The van der Waals surface area contributed by atoms with E-state index in [4.69, 9.17) is 0 Å². The molecule has 2 aromatic heterocycles. The zero-order valence-electron chi connectivity index (χ0n) is 17.6. The van der Waals surface area contributed by atoms with Gasteiger partial charge in [0, 0.05) is 50.6 Å². The van der Waals surface area contributed by atoms with Crippen LogP contribution in [0.5, 0.6) is 0 Å². The molecule has 0 spiro atoms. The van der Waals surface area contributed by atoms with Crippen LogP contribution in [0.25, 0.3) is 5.69 Å². The number of nitrogens with zero attached hydrogens (tertiary/aromatic N) is 8. The largest absolute Gasteiger partial charge is 0.348 e. The van der Waals surface area contributed by atoms with Crippen LogP contribution in [0.2, 0.25) is 0 Å². The molecule has 2 aliphatic heterocycles. The van der Waals surface area contributed by atoms with Crippen LogP contribution in [0.15, 0.2) is 35.7 Å². The molecule has 162 valence electrons. The average Bonchev–Trinajstić information content (AvgIpc) is 3.49. The number of thiazole rings is 1. The molecule has 4 heterocycles. The molecule has 10 heteroatoms. The second kappa shape index (κ2) is 8.62. The van der Waals surface area contributed by atoms with Gasteiger partial charge in [0.25, 0.3) is 0 Å². The molecule has 2 fully saturated rings. The maximum absolute atomic E-state index is 13.1. The monoisotopic (exact) mass is 438 g/mol. The van der Waals surface area contributed by atoms with E-state index in [0.29, 0.717) is 13.1 Å². The number of piperidine rings is 1. The maximum atomic E-state index is 13.1. The second-order valence-electron chi connectivity index (χ2n) is 8.07. The molecule has 0 bridgehead atoms. The minimum absolute atomic E-state index is 0.110. The Morgan fingerprint density at radius 1 is 1.00 bits per heavy atom. The Morgan fingerprint density at radius 2 is 1.74 bits per heavy atom. The Bertz CT molecular complexity index is 1020. The summed E-state index contributed by atoms with van der Waals surface area (Å²) in [5, 5.41) is 15.4. The number of anilines is 2. The van der Waals surface area contributed by atoms with Crippen molar-refractivity contribution in [3.63, 3.8) is 0 Å². The molecule has 2 saturated heterocycles. The molecule has 1 amide bonds. The Balaban J connectivity index is 1.16. The number of aromatic nitrogens is 5. The zero-order valence-corrected chi connectivity index (χ0v) is 18.4. The summed E-state index contributed by atoms with van der Waals surface area (Å²) < 4.78 is 1.76. The summed E-state index contributed by atoms with van der Waals surface area (Å²) in [6, 6.07) is 9.88. The van der Waals surface area contributed by atoms with E-state index in [0.717, 1.165) is 61.5 Å². The van der Waals surface area contributed by atoms with Crippen molar-refractivity contribution in [2.45, 2.75) is 19.8 Å². The Labute approximate surface area is 185 Å². The van der Waals surface area contributed by atoms with Crippen LogP contribution in [0.1, 0.15) is 18.5 Å². The van der Waals surface area contributed by atoms with Crippen molar-refractivity contribution in [2.75, 3.05) is 49.1 Å². The van der Waals surface area contributed by atoms with Gasteiger partial charge in [-0.1, -0.05) is 23.3 Å². The van der Waals surface area contributed by atoms with Crippen LogP contribution in [-0.4, -0.2) is 75.3 Å². The van der Waals surface area contributed by atoms with E-state index >= 15 is 0 Å². The normalized spacial score (nSPS) is 17.9. The van der Waals surface area contributed by atoms with Crippen molar-refractivity contribution < 1.29 is 4.79 Å². The van der Waals surface area contributed by atoms with Gasteiger partial charge >= 0.3 is 0 Å². The SMILES string of the molecule is Cc1csc(N2CCC(C(=O)N3CCN(c4nnnn4-c4ccccc4)CC3)CC2)n1. The summed E-state index contributed by atoms with van der Waals surface area (Å²) in [4.78, 5) is 24.2. The van der Waals surface area contributed by atoms with E-state index in [-0.39, 0.29) is 11.8 Å². The van der Waals surface area contributed by atoms with E-state index in [1.165, 1.54) is 0 Å². The van der Waals surface area contributed by atoms with Crippen LogP contribution in [0.4, 0.5) is 11.1 Å². The van der Waals surface area contributed by atoms with Gasteiger partial charge in [0.2, 0.25) is 11.9 Å². The molecular formula is C21H26N8OS. The maximum Gasteiger partial charge on any atom is 0.250 e. The van der Waals surface area contributed by atoms with Crippen molar-refractivity contribution in [1.82, 2.24) is 30.1 Å². The van der Waals surface area contributed by atoms with Crippen LogP contribution < -0.4 is 9.80 Å². The number of benzene rings is 1. The number of piperazine rings is 1. The van der Waals surface area contributed by atoms with Gasteiger partial charge in [-0.2, -0.15) is 4.68 Å². The van der Waals surface area contributed by atoms with Crippen molar-refractivity contribution in [3.8, 4) is 5.69 Å². The fourth-order valence-electron chi connectivity index (χ4n) is 4.31. The Hall–Kier alpha value is -3.01. The number of rotatable bonds is 4. The second-order valence-corrected chi connectivity index (χ2v) is 8.91. The van der Waals surface area contributed by atoms with Gasteiger partial charge in [-0.05, 0) is 42.3 Å². The molecule has 0 aliphatic carbocycles. The molecule has 0 N–H and O–H groups in total. The first-order valence-electron chi connectivity index (χ1n) is 10.7. The lowest BCUT2D eigenvalue weighted by Gasteiger charge is -2.38. The third-order valence-electron chi connectivity index (χ3n) is 6.05. The van der Waals surface area contributed by atoms with E-state index < -0.39 is 0 Å². The molecular weight excluding hydrogens is 412 g/mol. The smallest absolute Gasteiger partial charge is 0.250 e. The topological polar surface area (TPSA) is 83.3 Å². The molecule has 2 aliphatic rings. The highest BCUT2D eigenvalue weighted by Gasteiger charge is 2.32. The van der Waals surface area contributed by atoms with Gasteiger partial charge < -0.3 is 14.7 Å². The summed E-state index contributed by atoms with van der Waals surface area (Å²) in [5.74, 6) is 1.13. The van der Waals surface area contributed by atoms with Gasteiger partial charge in [-0.25, -0.2) is 4.98 Å². The summed E-state index contributed by atoms with van der Waals surface area (Å²) in [5.41, 5.74) is 2.00. The van der Waals surface area contributed by atoms with Crippen LogP contribution in [-0.2, 0) is 4.79 Å². The van der Waals surface area contributed by atoms with Crippen molar-refractivity contribution in [1.29, 1.82) is 0 Å². The first-order valence-corrected chi connectivity index (χ1v) is 11.6. The molecule has 0 saturated carbocycles. The first-order chi connectivity index (χ1) is 15.2. The summed E-state index contributed by atoms with van der Waals surface area (Å²) in [6.45, 7) is 6.68. The highest BCUT2D eigenvalue weighted by Crippen LogP contribution is 2.27. The molecule has 1 aromatic carbocycles. The fourth-order valence-corrected chi connectivity index (χ4v) is 5.16. The van der Waals surface area contributed by atoms with Gasteiger partial charge in [0.05, 0.1) is 11.4 Å². The zero-order chi connectivity index (χ0) is 21.2. The molecule has 9 nitrogen and oxygen atoms in total. The van der Waals surface area contributed by atoms with Crippen molar-refractivity contribution in [2.24, 2.45) is 5.92 Å². The van der Waals surface area contributed by atoms with Crippen LogP contribution in [0, 0.1) is 12.8 Å². The highest BCUT2D eigenvalue weighted by molar-refractivity contribution is 7.13. The molecule has 3 aromatic rings. The average molecular weight is 439 g/mol. The lowest BCUT2D eigenvalue weighted by Crippen LogP contribution is -2.52. The van der Waals surface area contributed by atoms with Gasteiger partial charge in [-0.15, -0.1) is 11.3 Å². The number of hydrogen-bond acceptors (Lipinski definition) is 8. The van der Waals surface area contributed by atoms with E-state index in [1.54, 1.807) is 16.0 Å². The summed E-state index contributed by atoms with van der Waals surface area (Å²) >= 11 is 1.69. The lowest BCUT2D eigenvalue weighted by molar-refractivity contribution is -0.136. The number of carbonyl (C=O) groups excluding carboxylic acids is 1. The predicted molar refractivity (Wildman–Crippen MR) is 120 cm³/mol. The molecule has 0 radical (unpaired) electrons. The minimum Gasteiger partial charge on any atom is -0.348 e. The Kier molecular flexibility index (Phi) is 5.54. The standard InChI is InChI=1S/C21H26N8OS/c1-16-15-31-21(22-16)28-9-7-17(8-10-28)19(30)26-11-13-27(14-12-26)20-23-24-25-29(20)18-5-3-2-4-6-18/h2-6,15,17H,7-14H2,1H3. The highest BCUT2D eigenvalue weighted by atomic mass is 32.1. The van der Waals surface area contributed by atoms with E-state index in [2.05, 4.69) is 35.7 Å². The molecule has 5 rings (SSSR count). The van der Waals surface area contributed by atoms with E-state index in [1.807, 2.05) is 42.2 Å². The molecule has 0 atom stereocenters. The van der Waals surface area contributed by atoms with E-state index in [9.17, 15) is 4.79 Å². The van der Waals surface area contributed by atoms with Gasteiger partial charge in [0.15, 0.2) is 5.13 Å². The number of para-hydroxylation sites is 1. The van der Waals surface area contributed by atoms with Crippen molar-refractivity contribution >= 4 is 28.3 Å². The number of tetrazole rings is 1. The number of hydrogen-bond donors (Lipinski definition) is 0. The molecule has 31 heavy (non-hydrogen) atoms. The third-order valence-corrected chi connectivity index (χ3v) is 7.07. The van der Waals surface area contributed by atoms with Crippen molar-refractivity contribution in [3.05, 3.63) is 41.4 Å². The summed E-state index contributed by atoms with van der Waals surface area (Å²) in [6.07, 6.45) is 1.79. The molecule has 0 unspecified atom stereocenters. The first kappa shape index (κ1) is 19.9. The quantitative estimate of drug-likeness (QED) is 0.616. The van der Waals surface area contributed by atoms with Gasteiger partial charge in [-0.3, -0.25) is 4.79 Å². The predicted octanol–water partition coefficient (Wildman–Crippen LogP) is 1.99. The van der Waals surface area contributed by atoms with Crippen LogP contribution >= 0.6 is 11.3 Å². The summed E-state index contributed by atoms with van der Waals surface area (Å²) in [7, 11) is 0. The Morgan fingerprint density at radius 3 is 2.42 bits per heavy atom. The third kappa shape index (κ3) is 4.12. The lowest BCUT2D eigenvalue weighted by atomic mass is 9.95. The van der Waals surface area contributed by atoms with Crippen LogP contribution in [0.3, 0.4) is 0 Å². The number of amides is 1. The number of aryl methyl sites for hydroxylation is 1.